The number of H-pyrrole nitrogens is 1. The van der Waals surface area contributed by atoms with Crippen molar-refractivity contribution in [1.82, 2.24) is 9.55 Å². The molecule has 3 unspecified atom stereocenters. The molecule has 1 fully saturated rings. The normalized spacial score (nSPS) is 25.7. The van der Waals surface area contributed by atoms with E-state index in [1.54, 1.807) is 37.3 Å². The van der Waals surface area contributed by atoms with Crippen LogP contribution < -0.4 is 11.2 Å². The molecule has 0 aliphatic carbocycles. The highest BCUT2D eigenvalue weighted by Crippen LogP contribution is 2.41. The number of nitrogens with one attached hydrogen (secondary N) is 1. The lowest BCUT2D eigenvalue weighted by Crippen LogP contribution is -2.35. The molecule has 1 aromatic carbocycles. The van der Waals surface area contributed by atoms with Gasteiger partial charge in [-0.3, -0.25) is 14.3 Å². The third-order valence-electron chi connectivity index (χ3n) is 4.00. The van der Waals surface area contributed by atoms with Crippen LogP contribution in [0.4, 0.5) is 4.39 Å². The summed E-state index contributed by atoms with van der Waals surface area (Å²) >= 11 is 0. The van der Waals surface area contributed by atoms with Gasteiger partial charge >= 0.3 is 11.7 Å². The van der Waals surface area contributed by atoms with Gasteiger partial charge in [0.2, 0.25) is 5.85 Å². The topological polar surface area (TPSA) is 90.4 Å². The molecule has 1 saturated heterocycles. The van der Waals surface area contributed by atoms with Crippen molar-refractivity contribution < 1.29 is 18.7 Å². The number of halogens is 1. The lowest BCUT2D eigenvalue weighted by atomic mass is 10.0. The predicted molar refractivity (Wildman–Crippen MR) is 85.8 cm³/mol. The van der Waals surface area contributed by atoms with E-state index >= 15 is 0 Å². The van der Waals surface area contributed by atoms with Gasteiger partial charge in [0.15, 0.2) is 6.61 Å². The molecule has 132 valence electrons. The molecule has 1 aliphatic heterocycles. The van der Waals surface area contributed by atoms with E-state index in [1.807, 2.05) is 0 Å². The molecule has 2 heterocycles. The maximum atomic E-state index is 14.9. The highest BCUT2D eigenvalue weighted by molar-refractivity contribution is 5.89. The Hall–Kier alpha value is -2.74. The summed E-state index contributed by atoms with van der Waals surface area (Å²) in [5.74, 6) is -3.22. The number of aromatic nitrogens is 2. The molecule has 3 rings (SSSR count). The van der Waals surface area contributed by atoms with E-state index in [1.165, 1.54) is 6.20 Å². The Balaban J connectivity index is 1.70. The first-order valence-corrected chi connectivity index (χ1v) is 7.78. The number of ether oxygens (including phenoxy) is 2. The summed E-state index contributed by atoms with van der Waals surface area (Å²) in [7, 11) is 0. The first kappa shape index (κ1) is 17.1. The summed E-state index contributed by atoms with van der Waals surface area (Å²) in [6.07, 6.45) is 0.305. The molecule has 1 aromatic heterocycles. The van der Waals surface area contributed by atoms with Crippen molar-refractivity contribution in [3.05, 3.63) is 69.0 Å². The van der Waals surface area contributed by atoms with Crippen LogP contribution in [0.5, 0.6) is 0 Å². The minimum atomic E-state index is -2.20. The zero-order valence-corrected chi connectivity index (χ0v) is 13.5. The Morgan fingerprint density at radius 3 is 2.76 bits per heavy atom. The number of alkyl halides is 1. The van der Waals surface area contributed by atoms with Crippen molar-refractivity contribution in [1.29, 1.82) is 0 Å². The summed E-state index contributed by atoms with van der Waals surface area (Å²) in [4.78, 5) is 37.0. The van der Waals surface area contributed by atoms with Crippen LogP contribution in [0.2, 0.25) is 0 Å². The van der Waals surface area contributed by atoms with E-state index < -0.39 is 35.9 Å². The van der Waals surface area contributed by atoms with Crippen LogP contribution in [0, 0.1) is 5.92 Å². The number of hydrogen-bond donors (Lipinski definition) is 1. The van der Waals surface area contributed by atoms with E-state index in [9.17, 15) is 18.8 Å². The number of rotatable bonds is 4. The van der Waals surface area contributed by atoms with Gasteiger partial charge in [-0.1, -0.05) is 25.1 Å². The Kier molecular flexibility index (Phi) is 4.54. The van der Waals surface area contributed by atoms with Crippen LogP contribution in [-0.2, 0) is 9.47 Å². The number of esters is 1. The van der Waals surface area contributed by atoms with Gasteiger partial charge in [-0.15, -0.1) is 0 Å². The van der Waals surface area contributed by atoms with Crippen LogP contribution in [0.3, 0.4) is 0 Å². The Morgan fingerprint density at radius 2 is 2.08 bits per heavy atom. The zero-order chi connectivity index (χ0) is 18.0. The molecule has 0 bridgehead atoms. The van der Waals surface area contributed by atoms with Gasteiger partial charge in [-0.05, 0) is 12.1 Å². The second-order valence-corrected chi connectivity index (χ2v) is 6.03. The van der Waals surface area contributed by atoms with Gasteiger partial charge < -0.3 is 9.47 Å². The molecule has 3 atom stereocenters. The van der Waals surface area contributed by atoms with Crippen molar-refractivity contribution in [2.75, 3.05) is 6.61 Å². The van der Waals surface area contributed by atoms with E-state index in [0.29, 0.717) is 5.56 Å². The summed E-state index contributed by atoms with van der Waals surface area (Å²) in [5, 5.41) is 0. The minimum Gasteiger partial charge on any atom is -0.456 e. The average molecular weight is 348 g/mol. The molecular weight excluding hydrogens is 331 g/mol. The van der Waals surface area contributed by atoms with E-state index in [-0.39, 0.29) is 12.3 Å². The van der Waals surface area contributed by atoms with Gasteiger partial charge in [-0.25, -0.2) is 14.0 Å². The molecule has 1 aliphatic rings. The fourth-order valence-corrected chi connectivity index (χ4v) is 2.84. The van der Waals surface area contributed by atoms with Crippen molar-refractivity contribution in [2.45, 2.75) is 25.4 Å². The van der Waals surface area contributed by atoms with Crippen LogP contribution in [0.25, 0.3) is 0 Å². The van der Waals surface area contributed by atoms with Crippen LogP contribution in [0.1, 0.15) is 29.9 Å². The van der Waals surface area contributed by atoms with Crippen LogP contribution in [-0.4, -0.2) is 28.0 Å². The summed E-state index contributed by atoms with van der Waals surface area (Å²) < 4.78 is 26.4. The molecule has 8 heteroatoms. The fourth-order valence-electron chi connectivity index (χ4n) is 2.84. The smallest absolute Gasteiger partial charge is 0.338 e. The second-order valence-electron chi connectivity index (χ2n) is 6.03. The first-order chi connectivity index (χ1) is 11.9. The maximum absolute atomic E-state index is 14.9. The van der Waals surface area contributed by atoms with E-state index in [4.69, 9.17) is 9.47 Å². The number of nitrogens with zero attached hydrogens (tertiary/aromatic N) is 1. The second kappa shape index (κ2) is 6.64. The number of benzene rings is 1. The van der Waals surface area contributed by atoms with E-state index in [0.717, 1.165) is 10.6 Å². The molecule has 0 spiro atoms. The molecule has 2 aromatic rings. The van der Waals surface area contributed by atoms with Crippen molar-refractivity contribution >= 4 is 5.97 Å². The van der Waals surface area contributed by atoms with Crippen molar-refractivity contribution in [3.8, 4) is 0 Å². The van der Waals surface area contributed by atoms with Gasteiger partial charge in [0.1, 0.15) is 6.23 Å². The summed E-state index contributed by atoms with van der Waals surface area (Å²) in [5.41, 5.74) is -0.921. The van der Waals surface area contributed by atoms with Crippen molar-refractivity contribution in [2.24, 2.45) is 5.92 Å². The van der Waals surface area contributed by atoms with Gasteiger partial charge in [0, 0.05) is 24.6 Å². The SMILES string of the molecule is CC1CC(F)(COC(=O)c2ccccc2)OC1n1ccc(=O)[nH]c1=O. The maximum Gasteiger partial charge on any atom is 0.338 e. The van der Waals surface area contributed by atoms with Crippen LogP contribution in [0.15, 0.2) is 52.2 Å². The Bertz CT molecular complexity index is 878. The van der Waals surface area contributed by atoms with Gasteiger partial charge in [-0.2, -0.15) is 0 Å². The number of aromatic amines is 1. The lowest BCUT2D eigenvalue weighted by Gasteiger charge is -2.21. The molecule has 1 N–H and O–H groups in total. The highest BCUT2D eigenvalue weighted by Gasteiger charge is 2.47. The summed E-state index contributed by atoms with van der Waals surface area (Å²) in [6.45, 7) is 1.13. The molecule has 0 radical (unpaired) electrons. The zero-order valence-electron chi connectivity index (χ0n) is 13.5. The largest absolute Gasteiger partial charge is 0.456 e. The van der Waals surface area contributed by atoms with E-state index in [2.05, 4.69) is 4.98 Å². The standard InChI is InChI=1S/C17H17FN2O5/c1-11-9-17(18,10-24-15(22)12-5-3-2-4-6-12)25-14(11)20-8-7-13(21)19-16(20)23/h2-8,11,14H,9-10H2,1H3,(H,19,21,23). The third-order valence-corrected chi connectivity index (χ3v) is 4.00. The molecule has 0 saturated carbocycles. The quantitative estimate of drug-likeness (QED) is 0.848. The average Bonchev–Trinajstić information content (AvgIpc) is 2.88. The molecular formula is C17H17FN2O5. The number of carbonyl (C=O) groups is 1. The Labute approximate surface area is 142 Å². The predicted octanol–water partition coefficient (Wildman–Crippen LogP) is 1.61. The highest BCUT2D eigenvalue weighted by atomic mass is 19.2. The van der Waals surface area contributed by atoms with Crippen LogP contribution >= 0.6 is 0 Å². The minimum absolute atomic E-state index is 0.0503. The monoisotopic (exact) mass is 348 g/mol. The lowest BCUT2D eigenvalue weighted by molar-refractivity contribution is -0.179. The third kappa shape index (κ3) is 3.69. The van der Waals surface area contributed by atoms with Gasteiger partial charge in [0.25, 0.3) is 5.56 Å². The van der Waals surface area contributed by atoms with Crippen molar-refractivity contribution in [3.63, 3.8) is 0 Å². The molecule has 7 nitrogen and oxygen atoms in total. The number of carbonyl (C=O) groups excluding carboxylic acids is 1. The Morgan fingerprint density at radius 1 is 1.36 bits per heavy atom. The van der Waals surface area contributed by atoms with Gasteiger partial charge in [0.05, 0.1) is 5.56 Å². The summed E-state index contributed by atoms with van der Waals surface area (Å²) in [6, 6.07) is 9.39. The molecule has 25 heavy (non-hydrogen) atoms. The first-order valence-electron chi connectivity index (χ1n) is 7.78. The number of hydrogen-bond acceptors (Lipinski definition) is 5. The molecule has 0 amide bonds. The fraction of sp³-hybridized carbons (Fsp3) is 0.353.